The number of carbonyl (C=O) groups is 1. The Balaban J connectivity index is 1.36. The SMILES string of the molecule is C[C@H](C(=O)NC1CCCC1)N1CCN(S(=O)(=O)c2ccc3c(c2)OCCO3)CC1. The van der Waals surface area contributed by atoms with Gasteiger partial charge in [-0.1, -0.05) is 12.8 Å². The molecule has 1 aromatic rings. The number of hydrogen-bond donors (Lipinski definition) is 1. The lowest BCUT2D eigenvalue weighted by atomic mass is 10.2. The van der Waals surface area contributed by atoms with Crippen molar-refractivity contribution in [3.63, 3.8) is 0 Å². The number of fused-ring (bicyclic) bond motifs is 1. The van der Waals surface area contributed by atoms with Gasteiger partial charge in [0, 0.05) is 38.3 Å². The predicted octanol–water partition coefficient (Wildman–Crippen LogP) is 1.21. The van der Waals surface area contributed by atoms with Crippen molar-refractivity contribution in [2.45, 2.75) is 49.6 Å². The van der Waals surface area contributed by atoms with Gasteiger partial charge in [0.05, 0.1) is 10.9 Å². The number of carbonyl (C=O) groups excluding carboxylic acids is 1. The van der Waals surface area contributed by atoms with Crippen LogP contribution >= 0.6 is 0 Å². The first-order valence-electron chi connectivity index (χ1n) is 10.4. The van der Waals surface area contributed by atoms with Crippen LogP contribution in [0.4, 0.5) is 0 Å². The Morgan fingerprint density at radius 1 is 1.07 bits per heavy atom. The van der Waals surface area contributed by atoms with E-state index in [-0.39, 0.29) is 16.8 Å². The summed E-state index contributed by atoms with van der Waals surface area (Å²) >= 11 is 0. The highest BCUT2D eigenvalue weighted by atomic mass is 32.2. The minimum absolute atomic E-state index is 0.0417. The van der Waals surface area contributed by atoms with Crippen LogP contribution in [0, 0.1) is 0 Å². The molecule has 9 heteroatoms. The quantitative estimate of drug-likeness (QED) is 0.766. The first kappa shape index (κ1) is 20.4. The summed E-state index contributed by atoms with van der Waals surface area (Å²) in [6, 6.07) is 4.78. The van der Waals surface area contributed by atoms with Crippen LogP contribution in [0.25, 0.3) is 0 Å². The fraction of sp³-hybridized carbons (Fsp3) is 0.650. The molecule has 1 N–H and O–H groups in total. The summed E-state index contributed by atoms with van der Waals surface area (Å²) in [4.78, 5) is 14.8. The molecule has 2 heterocycles. The molecular formula is C20H29N3O5S. The number of nitrogens with zero attached hydrogens (tertiary/aromatic N) is 2. The molecule has 2 fully saturated rings. The maximum absolute atomic E-state index is 13.0. The summed E-state index contributed by atoms with van der Waals surface area (Å²) in [5.74, 6) is 1.08. The van der Waals surface area contributed by atoms with Crippen LogP contribution in [0.3, 0.4) is 0 Å². The average Bonchev–Trinajstić information content (AvgIpc) is 3.26. The second-order valence-corrected chi connectivity index (χ2v) is 9.85. The van der Waals surface area contributed by atoms with Gasteiger partial charge in [-0.05, 0) is 31.9 Å². The molecule has 0 unspecified atom stereocenters. The van der Waals surface area contributed by atoms with Gasteiger partial charge < -0.3 is 14.8 Å². The first-order valence-corrected chi connectivity index (χ1v) is 11.8. The van der Waals surface area contributed by atoms with Crippen LogP contribution in [-0.4, -0.2) is 75.0 Å². The van der Waals surface area contributed by atoms with Crippen LogP contribution in [0.2, 0.25) is 0 Å². The first-order chi connectivity index (χ1) is 13.9. The standard InChI is InChI=1S/C20H29N3O5S/c1-15(20(24)21-16-4-2-3-5-16)22-8-10-23(11-9-22)29(25,26)17-6-7-18-19(14-17)28-13-12-27-18/h6-7,14-16H,2-5,8-13H2,1H3,(H,21,24)/t15-/m1/s1. The highest BCUT2D eigenvalue weighted by molar-refractivity contribution is 7.89. The molecule has 0 spiro atoms. The second-order valence-electron chi connectivity index (χ2n) is 7.91. The summed E-state index contributed by atoms with van der Waals surface area (Å²) in [6.07, 6.45) is 4.46. The number of sulfonamides is 1. The van der Waals surface area contributed by atoms with Crippen LogP contribution in [0.5, 0.6) is 11.5 Å². The second kappa shape index (κ2) is 8.49. The van der Waals surface area contributed by atoms with Crippen molar-refractivity contribution in [2.75, 3.05) is 39.4 Å². The number of nitrogens with one attached hydrogen (secondary N) is 1. The Morgan fingerprint density at radius 3 is 2.41 bits per heavy atom. The fourth-order valence-corrected chi connectivity index (χ4v) is 5.66. The van der Waals surface area contributed by atoms with Gasteiger partial charge in [-0.15, -0.1) is 0 Å². The Morgan fingerprint density at radius 2 is 1.72 bits per heavy atom. The molecule has 1 aromatic carbocycles. The van der Waals surface area contributed by atoms with E-state index in [1.165, 1.54) is 23.2 Å². The minimum Gasteiger partial charge on any atom is -0.486 e. The van der Waals surface area contributed by atoms with Gasteiger partial charge in [0.1, 0.15) is 13.2 Å². The number of piperazine rings is 1. The lowest BCUT2D eigenvalue weighted by Gasteiger charge is -2.37. The summed E-state index contributed by atoms with van der Waals surface area (Å²) in [7, 11) is -3.61. The lowest BCUT2D eigenvalue weighted by molar-refractivity contribution is -0.127. The molecule has 160 valence electrons. The van der Waals surface area contributed by atoms with Crippen molar-refractivity contribution in [1.29, 1.82) is 0 Å². The van der Waals surface area contributed by atoms with Gasteiger partial charge in [0.15, 0.2) is 11.5 Å². The molecule has 1 amide bonds. The van der Waals surface area contributed by atoms with E-state index in [9.17, 15) is 13.2 Å². The molecule has 1 atom stereocenters. The average molecular weight is 424 g/mol. The van der Waals surface area contributed by atoms with E-state index in [2.05, 4.69) is 10.2 Å². The summed E-state index contributed by atoms with van der Waals surface area (Å²) in [5, 5.41) is 3.13. The number of benzene rings is 1. The molecule has 0 aromatic heterocycles. The molecule has 8 nitrogen and oxygen atoms in total. The predicted molar refractivity (Wildman–Crippen MR) is 108 cm³/mol. The zero-order chi connectivity index (χ0) is 20.4. The van der Waals surface area contributed by atoms with E-state index in [4.69, 9.17) is 9.47 Å². The zero-order valence-electron chi connectivity index (χ0n) is 16.8. The number of hydrogen-bond acceptors (Lipinski definition) is 6. The molecule has 29 heavy (non-hydrogen) atoms. The molecule has 1 saturated carbocycles. The van der Waals surface area contributed by atoms with Gasteiger partial charge in [-0.3, -0.25) is 9.69 Å². The number of ether oxygens (including phenoxy) is 2. The summed E-state index contributed by atoms with van der Waals surface area (Å²) in [5.41, 5.74) is 0. The van der Waals surface area contributed by atoms with Gasteiger partial charge >= 0.3 is 0 Å². The van der Waals surface area contributed by atoms with E-state index in [0.717, 1.165) is 12.8 Å². The fourth-order valence-electron chi connectivity index (χ4n) is 4.22. The van der Waals surface area contributed by atoms with E-state index < -0.39 is 10.0 Å². The largest absolute Gasteiger partial charge is 0.486 e. The monoisotopic (exact) mass is 423 g/mol. The highest BCUT2D eigenvalue weighted by Crippen LogP contribution is 2.33. The minimum atomic E-state index is -3.61. The topological polar surface area (TPSA) is 88.2 Å². The van der Waals surface area contributed by atoms with Crippen molar-refractivity contribution in [3.8, 4) is 11.5 Å². The van der Waals surface area contributed by atoms with Crippen LogP contribution in [0.15, 0.2) is 23.1 Å². The molecule has 1 saturated heterocycles. The van der Waals surface area contributed by atoms with E-state index in [0.29, 0.717) is 56.9 Å². The Labute approximate surface area is 172 Å². The van der Waals surface area contributed by atoms with Crippen molar-refractivity contribution >= 4 is 15.9 Å². The van der Waals surface area contributed by atoms with Gasteiger partial charge in [0.25, 0.3) is 0 Å². The Kier molecular flexibility index (Phi) is 5.98. The van der Waals surface area contributed by atoms with Crippen LogP contribution in [-0.2, 0) is 14.8 Å². The van der Waals surface area contributed by atoms with Crippen molar-refractivity contribution in [1.82, 2.24) is 14.5 Å². The Bertz CT molecular complexity index is 846. The van der Waals surface area contributed by atoms with E-state index in [1.54, 1.807) is 12.1 Å². The van der Waals surface area contributed by atoms with Gasteiger partial charge in [-0.2, -0.15) is 4.31 Å². The smallest absolute Gasteiger partial charge is 0.243 e. The van der Waals surface area contributed by atoms with Crippen molar-refractivity contribution < 1.29 is 22.7 Å². The maximum Gasteiger partial charge on any atom is 0.243 e. The molecular weight excluding hydrogens is 394 g/mol. The normalized spacial score (nSPS) is 22.4. The third kappa shape index (κ3) is 4.36. The van der Waals surface area contributed by atoms with E-state index in [1.807, 2.05) is 6.92 Å². The maximum atomic E-state index is 13.0. The number of amides is 1. The van der Waals surface area contributed by atoms with Gasteiger partial charge in [-0.25, -0.2) is 8.42 Å². The van der Waals surface area contributed by atoms with Gasteiger partial charge in [0.2, 0.25) is 15.9 Å². The molecule has 3 aliphatic rings. The molecule has 2 aliphatic heterocycles. The number of rotatable bonds is 5. The third-order valence-electron chi connectivity index (χ3n) is 6.05. The zero-order valence-corrected chi connectivity index (χ0v) is 17.6. The molecule has 0 bridgehead atoms. The highest BCUT2D eigenvalue weighted by Gasteiger charge is 2.33. The van der Waals surface area contributed by atoms with Crippen molar-refractivity contribution in [2.24, 2.45) is 0 Å². The van der Waals surface area contributed by atoms with Crippen LogP contribution < -0.4 is 14.8 Å². The third-order valence-corrected chi connectivity index (χ3v) is 7.95. The molecule has 4 rings (SSSR count). The van der Waals surface area contributed by atoms with Crippen LogP contribution in [0.1, 0.15) is 32.6 Å². The summed E-state index contributed by atoms with van der Waals surface area (Å²) < 4.78 is 38.6. The summed E-state index contributed by atoms with van der Waals surface area (Å²) in [6.45, 7) is 4.56. The lowest BCUT2D eigenvalue weighted by Crippen LogP contribution is -2.55. The molecule has 1 aliphatic carbocycles. The Hall–Kier alpha value is -1.84. The van der Waals surface area contributed by atoms with Crippen molar-refractivity contribution in [3.05, 3.63) is 18.2 Å². The van der Waals surface area contributed by atoms with E-state index >= 15 is 0 Å². The molecule has 0 radical (unpaired) electrons.